The van der Waals surface area contributed by atoms with Crippen molar-refractivity contribution in [1.29, 1.82) is 0 Å². The number of ether oxygens (including phenoxy) is 3. The zero-order chi connectivity index (χ0) is 27.5. The molecule has 1 unspecified atom stereocenters. The summed E-state index contributed by atoms with van der Waals surface area (Å²) in [6.45, 7) is 6.51. The van der Waals surface area contributed by atoms with Crippen molar-refractivity contribution in [3.8, 4) is 17.2 Å². The average molecular weight is 518 g/mol. The Labute approximate surface area is 226 Å². The first-order valence-electron chi connectivity index (χ1n) is 13.2. The number of rotatable bonds is 13. The van der Waals surface area contributed by atoms with E-state index in [1.807, 2.05) is 49.4 Å². The first-order chi connectivity index (χ1) is 18.3. The molecule has 38 heavy (non-hydrogen) atoms. The van der Waals surface area contributed by atoms with Gasteiger partial charge in [-0.2, -0.15) is 0 Å². The highest BCUT2D eigenvalue weighted by Crippen LogP contribution is 2.31. The summed E-state index contributed by atoms with van der Waals surface area (Å²) in [5.41, 5.74) is 1.73. The number of amides is 1. The topological polar surface area (TPSA) is 73.9 Å². The lowest BCUT2D eigenvalue weighted by atomic mass is 9.98. The molecule has 202 valence electrons. The summed E-state index contributed by atoms with van der Waals surface area (Å²) in [6.07, 6.45) is 7.73. The zero-order valence-electron chi connectivity index (χ0n) is 23.1. The number of methoxy groups -OCH3 is 2. The van der Waals surface area contributed by atoms with Gasteiger partial charge in [0.2, 0.25) is 5.91 Å². The van der Waals surface area contributed by atoms with E-state index in [-0.39, 0.29) is 11.9 Å². The lowest BCUT2D eigenvalue weighted by molar-refractivity contribution is -0.135. The largest absolute Gasteiger partial charge is 0.497 e. The summed E-state index contributed by atoms with van der Waals surface area (Å²) >= 11 is 0. The van der Waals surface area contributed by atoms with Gasteiger partial charge in [-0.1, -0.05) is 56.3 Å². The Balaban J connectivity index is 1.54. The smallest absolute Gasteiger partial charge is 0.318 e. The van der Waals surface area contributed by atoms with Gasteiger partial charge in [0.1, 0.15) is 5.75 Å². The number of benzene rings is 3. The number of unbranched alkanes of at least 4 members (excludes halogenated alkanes) is 2. The van der Waals surface area contributed by atoms with Crippen LogP contribution in [0.3, 0.4) is 0 Å². The molecular formula is C32H39NO5. The number of hydrogen-bond donors (Lipinski definition) is 1. The highest BCUT2D eigenvalue weighted by Gasteiger charge is 2.20. The Kier molecular flexibility index (Phi) is 10.8. The van der Waals surface area contributed by atoms with Crippen LogP contribution in [0.4, 0.5) is 0 Å². The van der Waals surface area contributed by atoms with E-state index in [0.29, 0.717) is 30.4 Å². The number of carbonyl (C=O) groups excluding carboxylic acids is 2. The first kappa shape index (κ1) is 28.8. The predicted molar refractivity (Wildman–Crippen MR) is 152 cm³/mol. The molecule has 0 aliphatic rings. The van der Waals surface area contributed by atoms with Crippen LogP contribution in [0, 0.1) is 5.92 Å². The van der Waals surface area contributed by atoms with Gasteiger partial charge >= 0.3 is 5.97 Å². The SMILES string of the molecule is COc1ccc2cc(C(C)C(=O)Oc3ccc(CNC(=O)CCCCC=CC(C)C)cc3OC)ccc2c1. The standard InChI is InChI=1S/C32H39NO5/c1-22(2)10-8-6-7-9-11-31(34)33-21-24-12-17-29(30(18-24)37-5)38-32(35)23(3)25-13-14-27-20-28(36-4)16-15-26(27)19-25/h8,10,12-20,22-23H,6-7,9,11,21H2,1-5H3,(H,33,34). The summed E-state index contributed by atoms with van der Waals surface area (Å²) in [7, 11) is 3.17. The Morgan fingerprint density at radius 2 is 1.63 bits per heavy atom. The van der Waals surface area contributed by atoms with Gasteiger partial charge in [-0.3, -0.25) is 9.59 Å². The Morgan fingerprint density at radius 1 is 0.868 bits per heavy atom. The van der Waals surface area contributed by atoms with Crippen LogP contribution in [-0.4, -0.2) is 26.1 Å². The Bertz CT molecular complexity index is 1260. The maximum absolute atomic E-state index is 13.0. The van der Waals surface area contributed by atoms with Crippen molar-refractivity contribution in [1.82, 2.24) is 5.32 Å². The molecule has 0 heterocycles. The molecule has 0 saturated carbocycles. The highest BCUT2D eigenvalue weighted by atomic mass is 16.6. The fraction of sp³-hybridized carbons (Fsp3) is 0.375. The van der Waals surface area contributed by atoms with Crippen molar-refractivity contribution in [3.05, 3.63) is 77.9 Å². The maximum atomic E-state index is 13.0. The Hall–Kier alpha value is -3.80. The third kappa shape index (κ3) is 8.37. The molecular weight excluding hydrogens is 478 g/mol. The van der Waals surface area contributed by atoms with Crippen molar-refractivity contribution in [2.45, 2.75) is 58.9 Å². The van der Waals surface area contributed by atoms with Gasteiger partial charge < -0.3 is 19.5 Å². The molecule has 3 aromatic rings. The van der Waals surface area contributed by atoms with E-state index in [1.54, 1.807) is 19.2 Å². The van der Waals surface area contributed by atoms with Crippen LogP contribution in [0.15, 0.2) is 66.7 Å². The monoisotopic (exact) mass is 517 g/mol. The fourth-order valence-corrected chi connectivity index (χ4v) is 4.08. The minimum absolute atomic E-state index is 0.0231. The van der Waals surface area contributed by atoms with Gasteiger partial charge in [-0.15, -0.1) is 0 Å². The van der Waals surface area contributed by atoms with E-state index >= 15 is 0 Å². The normalized spacial score (nSPS) is 12.1. The van der Waals surface area contributed by atoms with Crippen molar-refractivity contribution in [2.24, 2.45) is 5.92 Å². The van der Waals surface area contributed by atoms with Crippen LogP contribution >= 0.6 is 0 Å². The van der Waals surface area contributed by atoms with Crippen LogP contribution in [0.5, 0.6) is 17.2 Å². The minimum atomic E-state index is -0.467. The number of hydrogen-bond acceptors (Lipinski definition) is 5. The van der Waals surface area contributed by atoms with Crippen LogP contribution in [0.25, 0.3) is 10.8 Å². The molecule has 0 aromatic heterocycles. The quantitative estimate of drug-likeness (QED) is 0.115. The van der Waals surface area contributed by atoms with Crippen LogP contribution in [0.1, 0.15) is 63.5 Å². The van der Waals surface area contributed by atoms with Crippen molar-refractivity contribution < 1.29 is 23.8 Å². The van der Waals surface area contributed by atoms with E-state index in [1.165, 1.54) is 7.11 Å². The summed E-state index contributed by atoms with van der Waals surface area (Å²) < 4.78 is 16.5. The molecule has 1 amide bonds. The molecule has 0 fully saturated rings. The van der Waals surface area contributed by atoms with E-state index in [2.05, 4.69) is 31.3 Å². The zero-order valence-corrected chi connectivity index (χ0v) is 23.1. The van der Waals surface area contributed by atoms with E-state index < -0.39 is 5.92 Å². The van der Waals surface area contributed by atoms with Gasteiger partial charge in [0.25, 0.3) is 0 Å². The minimum Gasteiger partial charge on any atom is -0.497 e. The highest BCUT2D eigenvalue weighted by molar-refractivity contribution is 5.87. The van der Waals surface area contributed by atoms with Crippen molar-refractivity contribution in [3.63, 3.8) is 0 Å². The van der Waals surface area contributed by atoms with Gasteiger partial charge in [-0.25, -0.2) is 0 Å². The molecule has 1 N–H and O–H groups in total. The molecule has 0 radical (unpaired) electrons. The lowest BCUT2D eigenvalue weighted by Crippen LogP contribution is -2.22. The Morgan fingerprint density at radius 3 is 2.37 bits per heavy atom. The molecule has 1 atom stereocenters. The molecule has 0 aliphatic carbocycles. The number of allylic oxidation sites excluding steroid dienone is 2. The van der Waals surface area contributed by atoms with Gasteiger partial charge in [-0.05, 0) is 78.3 Å². The van der Waals surface area contributed by atoms with Crippen LogP contribution in [-0.2, 0) is 16.1 Å². The average Bonchev–Trinajstić information content (AvgIpc) is 2.92. The van der Waals surface area contributed by atoms with Crippen molar-refractivity contribution >= 4 is 22.6 Å². The molecule has 3 aromatic carbocycles. The fourth-order valence-electron chi connectivity index (χ4n) is 4.08. The summed E-state index contributed by atoms with van der Waals surface area (Å²) in [6, 6.07) is 17.1. The first-order valence-corrected chi connectivity index (χ1v) is 13.2. The molecule has 6 heteroatoms. The van der Waals surface area contributed by atoms with Crippen LogP contribution < -0.4 is 19.5 Å². The number of nitrogens with one attached hydrogen (secondary N) is 1. The second kappa shape index (κ2) is 14.2. The molecule has 0 spiro atoms. The molecule has 6 nitrogen and oxygen atoms in total. The van der Waals surface area contributed by atoms with Gasteiger partial charge in [0, 0.05) is 13.0 Å². The maximum Gasteiger partial charge on any atom is 0.318 e. The molecule has 0 aliphatic heterocycles. The van der Waals surface area contributed by atoms with E-state index in [4.69, 9.17) is 14.2 Å². The third-order valence-corrected chi connectivity index (χ3v) is 6.40. The van der Waals surface area contributed by atoms with Gasteiger partial charge in [0.15, 0.2) is 11.5 Å². The third-order valence-electron chi connectivity index (χ3n) is 6.40. The predicted octanol–water partition coefficient (Wildman–Crippen LogP) is 6.95. The molecule has 0 saturated heterocycles. The van der Waals surface area contributed by atoms with E-state index in [0.717, 1.165) is 46.9 Å². The van der Waals surface area contributed by atoms with E-state index in [9.17, 15) is 9.59 Å². The summed E-state index contributed by atoms with van der Waals surface area (Å²) in [5, 5.41) is 5.01. The molecule has 0 bridgehead atoms. The molecule has 3 rings (SSSR count). The summed E-state index contributed by atoms with van der Waals surface area (Å²) in [5.74, 6) is 1.32. The van der Waals surface area contributed by atoms with Gasteiger partial charge in [0.05, 0.1) is 20.1 Å². The summed E-state index contributed by atoms with van der Waals surface area (Å²) in [4.78, 5) is 25.2. The number of fused-ring (bicyclic) bond motifs is 1. The lowest BCUT2D eigenvalue weighted by Gasteiger charge is -2.15. The second-order valence-electron chi connectivity index (χ2n) is 9.80. The second-order valence-corrected chi connectivity index (χ2v) is 9.80. The van der Waals surface area contributed by atoms with Crippen LogP contribution in [0.2, 0.25) is 0 Å². The number of esters is 1. The number of carbonyl (C=O) groups is 2. The van der Waals surface area contributed by atoms with Crippen molar-refractivity contribution in [2.75, 3.05) is 14.2 Å².